The average molecular weight is 563 g/mol. The number of nitrogens with zero attached hydrogens (tertiary/aromatic N) is 3. The molecule has 42 heavy (non-hydrogen) atoms. The summed E-state index contributed by atoms with van der Waals surface area (Å²) in [5.74, 6) is 0.0145. The number of hydrogen-bond acceptors (Lipinski definition) is 3. The Balaban J connectivity index is 1.38. The lowest BCUT2D eigenvalue weighted by atomic mass is 9.83. The first-order valence-corrected chi connectivity index (χ1v) is 16.2. The van der Waals surface area contributed by atoms with Crippen molar-refractivity contribution in [3.63, 3.8) is 0 Å². The molecule has 1 amide bonds. The molecule has 5 heteroatoms. The van der Waals surface area contributed by atoms with Crippen LogP contribution >= 0.6 is 0 Å². The summed E-state index contributed by atoms with van der Waals surface area (Å²) in [6.07, 6.45) is 8.72. The zero-order valence-electron chi connectivity index (χ0n) is 25.0. The molecule has 3 heterocycles. The van der Waals surface area contributed by atoms with Crippen LogP contribution < -0.4 is 5.32 Å². The predicted molar refractivity (Wildman–Crippen MR) is 173 cm³/mol. The first-order valence-electron chi connectivity index (χ1n) is 16.2. The highest BCUT2D eigenvalue weighted by atomic mass is 16.2. The molecule has 0 atom stereocenters. The van der Waals surface area contributed by atoms with Gasteiger partial charge < -0.3 is 19.7 Å². The van der Waals surface area contributed by atoms with Crippen molar-refractivity contribution in [2.75, 3.05) is 45.8 Å². The Bertz CT molecular complexity index is 1380. The van der Waals surface area contributed by atoms with E-state index in [2.05, 4.69) is 105 Å². The van der Waals surface area contributed by atoms with Crippen LogP contribution in [0.3, 0.4) is 0 Å². The Hall–Kier alpha value is -3.41. The van der Waals surface area contributed by atoms with E-state index in [4.69, 9.17) is 0 Å². The smallest absolute Gasteiger partial charge is 0.268 e. The Morgan fingerprint density at radius 1 is 0.643 bits per heavy atom. The highest BCUT2D eigenvalue weighted by Crippen LogP contribution is 2.40. The van der Waals surface area contributed by atoms with E-state index in [1.807, 2.05) is 0 Å². The van der Waals surface area contributed by atoms with Gasteiger partial charge in [0.1, 0.15) is 5.69 Å². The van der Waals surface area contributed by atoms with Crippen molar-refractivity contribution in [3.8, 4) is 0 Å². The minimum Gasteiger partial charge on any atom is -0.349 e. The molecule has 0 saturated carbocycles. The second kappa shape index (κ2) is 14.2. The number of benzene rings is 3. The van der Waals surface area contributed by atoms with E-state index in [1.165, 1.54) is 61.7 Å². The first kappa shape index (κ1) is 28.7. The minimum absolute atomic E-state index is 0.0361. The van der Waals surface area contributed by atoms with Gasteiger partial charge in [0.05, 0.1) is 0 Å². The molecule has 1 N–H and O–H groups in total. The van der Waals surface area contributed by atoms with Gasteiger partial charge in [-0.15, -0.1) is 0 Å². The summed E-state index contributed by atoms with van der Waals surface area (Å²) in [4.78, 5) is 19.4. The van der Waals surface area contributed by atoms with Gasteiger partial charge in [-0.2, -0.15) is 0 Å². The van der Waals surface area contributed by atoms with Crippen LogP contribution in [0, 0.1) is 0 Å². The molecule has 2 aliphatic rings. The fourth-order valence-electron chi connectivity index (χ4n) is 7.12. The van der Waals surface area contributed by atoms with Crippen LogP contribution in [0.1, 0.15) is 78.0 Å². The molecule has 5 nitrogen and oxygen atoms in total. The fraction of sp³-hybridized carbons (Fsp3) is 0.432. The molecule has 0 aliphatic carbocycles. The van der Waals surface area contributed by atoms with Gasteiger partial charge in [0.2, 0.25) is 0 Å². The number of fused-ring (bicyclic) bond motifs is 1. The van der Waals surface area contributed by atoms with Gasteiger partial charge in [0.25, 0.3) is 5.91 Å². The van der Waals surface area contributed by atoms with Gasteiger partial charge in [-0.1, -0.05) is 85.3 Å². The van der Waals surface area contributed by atoms with Gasteiger partial charge in [-0.3, -0.25) is 4.79 Å². The van der Waals surface area contributed by atoms with Crippen molar-refractivity contribution in [3.05, 3.63) is 107 Å². The summed E-state index contributed by atoms with van der Waals surface area (Å²) in [5.41, 5.74) is 5.53. The molecular formula is C37H46N4O. The molecule has 6 rings (SSSR count). The molecule has 0 bridgehead atoms. The molecule has 3 aromatic carbocycles. The number of hydrogen-bond donors (Lipinski definition) is 1. The highest BCUT2D eigenvalue weighted by Gasteiger charge is 2.30. The van der Waals surface area contributed by atoms with Crippen molar-refractivity contribution in [2.24, 2.45) is 0 Å². The summed E-state index contributed by atoms with van der Waals surface area (Å²) in [7, 11) is 0. The molecular weight excluding hydrogens is 516 g/mol. The van der Waals surface area contributed by atoms with E-state index in [1.54, 1.807) is 0 Å². The molecule has 2 fully saturated rings. The molecule has 4 aromatic rings. The standard InChI is InChI=1S/C37H46N4O/c42-37(38-22-29-40-23-10-3-11-24-40)36-35(34(30-16-4-1-5-17-30)31-18-6-2-7-19-31)32-20-8-9-21-33(32)41(36)28-15-14-27-39-25-12-13-26-39/h1-2,4-9,16-21,34H,3,10-15,22-29H2,(H,38,42). The van der Waals surface area contributed by atoms with E-state index >= 15 is 0 Å². The Kier molecular flexibility index (Phi) is 9.68. The molecule has 220 valence electrons. The number of carbonyl (C=O) groups excluding carboxylic acids is 1. The fourth-order valence-corrected chi connectivity index (χ4v) is 7.12. The number of amides is 1. The molecule has 0 radical (unpaired) electrons. The van der Waals surface area contributed by atoms with Crippen LogP contribution in [-0.2, 0) is 6.54 Å². The third-order valence-electron chi connectivity index (χ3n) is 9.25. The number of likely N-dealkylation sites (tertiary alicyclic amines) is 2. The van der Waals surface area contributed by atoms with Gasteiger partial charge >= 0.3 is 0 Å². The third-order valence-corrected chi connectivity index (χ3v) is 9.25. The summed E-state index contributed by atoms with van der Waals surface area (Å²) in [6.45, 7) is 8.34. The number of rotatable bonds is 12. The number of aromatic nitrogens is 1. The van der Waals surface area contributed by atoms with Crippen molar-refractivity contribution in [1.29, 1.82) is 0 Å². The topological polar surface area (TPSA) is 40.5 Å². The third kappa shape index (κ3) is 6.63. The monoisotopic (exact) mass is 562 g/mol. The minimum atomic E-state index is -0.0361. The Morgan fingerprint density at radius 2 is 1.19 bits per heavy atom. The summed E-state index contributed by atoms with van der Waals surface area (Å²) in [5, 5.41) is 4.55. The maximum Gasteiger partial charge on any atom is 0.268 e. The molecule has 2 saturated heterocycles. The quantitative estimate of drug-likeness (QED) is 0.191. The second-order valence-corrected chi connectivity index (χ2v) is 12.1. The van der Waals surface area contributed by atoms with E-state index in [0.29, 0.717) is 6.54 Å². The van der Waals surface area contributed by atoms with E-state index < -0.39 is 0 Å². The van der Waals surface area contributed by atoms with Crippen LogP contribution in [0.4, 0.5) is 0 Å². The lowest BCUT2D eigenvalue weighted by Gasteiger charge is -2.26. The normalized spacial score (nSPS) is 16.4. The zero-order chi connectivity index (χ0) is 28.6. The maximum absolute atomic E-state index is 14.3. The van der Waals surface area contributed by atoms with Gasteiger partial charge in [0.15, 0.2) is 0 Å². The van der Waals surface area contributed by atoms with Gasteiger partial charge in [-0.25, -0.2) is 0 Å². The first-order chi connectivity index (χ1) is 20.8. The SMILES string of the molecule is O=C(NCCN1CCCCC1)c1c(C(c2ccccc2)c2ccccc2)c2ccccc2n1CCCCN1CCCC1. The molecule has 0 unspecified atom stereocenters. The van der Waals surface area contributed by atoms with Crippen molar-refractivity contribution in [1.82, 2.24) is 19.7 Å². The Labute approximate surface area is 251 Å². The number of para-hydroxylation sites is 1. The zero-order valence-corrected chi connectivity index (χ0v) is 25.0. The van der Waals surface area contributed by atoms with Gasteiger partial charge in [0, 0.05) is 42.0 Å². The van der Waals surface area contributed by atoms with Crippen molar-refractivity contribution >= 4 is 16.8 Å². The Morgan fingerprint density at radius 3 is 1.86 bits per heavy atom. The van der Waals surface area contributed by atoms with Gasteiger partial charge in [-0.05, 0) is 88.4 Å². The average Bonchev–Trinajstić information content (AvgIpc) is 3.68. The van der Waals surface area contributed by atoms with E-state index in [-0.39, 0.29) is 11.8 Å². The summed E-state index contributed by atoms with van der Waals surface area (Å²) >= 11 is 0. The van der Waals surface area contributed by atoms with Crippen molar-refractivity contribution < 1.29 is 4.79 Å². The molecule has 1 aromatic heterocycles. The maximum atomic E-state index is 14.3. The number of piperidine rings is 1. The predicted octanol–water partition coefficient (Wildman–Crippen LogP) is 6.91. The van der Waals surface area contributed by atoms with Crippen LogP contribution in [0.2, 0.25) is 0 Å². The van der Waals surface area contributed by atoms with E-state index in [9.17, 15) is 4.79 Å². The lowest BCUT2D eigenvalue weighted by Crippen LogP contribution is -2.38. The number of unbranched alkanes of at least 4 members (excludes halogenated alkanes) is 1. The largest absolute Gasteiger partial charge is 0.349 e. The number of nitrogens with one attached hydrogen (secondary N) is 1. The lowest BCUT2D eigenvalue weighted by molar-refractivity contribution is 0.0936. The number of aryl methyl sites for hydroxylation is 1. The van der Waals surface area contributed by atoms with Crippen LogP contribution in [0.15, 0.2) is 84.9 Å². The molecule has 2 aliphatic heterocycles. The summed E-state index contributed by atoms with van der Waals surface area (Å²) < 4.78 is 2.34. The van der Waals surface area contributed by atoms with Crippen LogP contribution in [0.5, 0.6) is 0 Å². The molecule has 0 spiro atoms. The summed E-state index contributed by atoms with van der Waals surface area (Å²) in [6, 6.07) is 30.1. The van der Waals surface area contributed by atoms with Crippen molar-refractivity contribution in [2.45, 2.75) is 57.4 Å². The highest BCUT2D eigenvalue weighted by molar-refractivity contribution is 6.02. The second-order valence-electron chi connectivity index (χ2n) is 12.1. The number of carbonyl (C=O) groups is 1. The van der Waals surface area contributed by atoms with E-state index in [0.717, 1.165) is 62.3 Å². The van der Waals surface area contributed by atoms with Crippen LogP contribution in [0.25, 0.3) is 10.9 Å². The van der Waals surface area contributed by atoms with Crippen LogP contribution in [-0.4, -0.2) is 66.1 Å².